The van der Waals surface area contributed by atoms with Gasteiger partial charge in [0.1, 0.15) is 11.5 Å². The maximum absolute atomic E-state index is 10.1. The van der Waals surface area contributed by atoms with Crippen molar-refractivity contribution in [3.63, 3.8) is 0 Å². The Morgan fingerprint density at radius 2 is 1.29 bits per heavy atom. The Morgan fingerprint density at radius 3 is 1.98 bits per heavy atom. The highest BCUT2D eigenvalue weighted by Crippen LogP contribution is 2.29. The minimum absolute atomic E-state index is 0.180. The van der Waals surface area contributed by atoms with Gasteiger partial charge < -0.3 is 30.2 Å². The Kier molecular flexibility index (Phi) is 11.4. The lowest BCUT2D eigenvalue weighted by atomic mass is 10.0. The lowest BCUT2D eigenvalue weighted by molar-refractivity contribution is 0.159. The standard InChI is InChI=1S/C42H49N5O2S2/c48-39-17-13-33(14-18-39)24-36-27-43-41(50)46(36)29-35-12-7-22-44(35)28-37(26-34-15-19-40(49)20-16-34)47-30-38(25-32-10-5-2-6-11-32)45(42(47)51)23-21-31-8-3-1-4-9-31/h1-6,8-11,13-20,35-38,48-49H,7,12,21-30H2,(H,43,50)/t35?,36-,37-,38-/m0/s1. The summed E-state index contributed by atoms with van der Waals surface area (Å²) in [6, 6.07) is 37.9. The van der Waals surface area contributed by atoms with Gasteiger partial charge >= 0.3 is 0 Å². The average Bonchev–Trinajstić information content (AvgIpc) is 3.83. The normalized spacial score (nSPS) is 21.4. The molecule has 0 bridgehead atoms. The zero-order chi connectivity index (χ0) is 35.2. The van der Waals surface area contributed by atoms with Gasteiger partial charge in [0, 0.05) is 44.8 Å². The predicted molar refractivity (Wildman–Crippen MR) is 213 cm³/mol. The molecule has 0 saturated carbocycles. The van der Waals surface area contributed by atoms with Crippen molar-refractivity contribution in [2.24, 2.45) is 0 Å². The first kappa shape index (κ1) is 35.2. The first-order valence-electron chi connectivity index (χ1n) is 18.4. The third kappa shape index (κ3) is 8.83. The largest absolute Gasteiger partial charge is 0.508 e. The van der Waals surface area contributed by atoms with E-state index in [1.165, 1.54) is 22.3 Å². The second kappa shape index (κ2) is 16.4. The van der Waals surface area contributed by atoms with Crippen LogP contribution in [0.5, 0.6) is 11.5 Å². The van der Waals surface area contributed by atoms with Crippen LogP contribution in [0.1, 0.15) is 35.1 Å². The van der Waals surface area contributed by atoms with Crippen molar-refractivity contribution in [1.82, 2.24) is 24.9 Å². The highest BCUT2D eigenvalue weighted by atomic mass is 32.1. The SMILES string of the molecule is Oc1ccc(C[C@H]2CNC(=S)N2CC2CCCN2C[C@H](Cc2ccc(O)cc2)N2C[C@H](Cc3ccccc3)N(CCc3ccccc3)C2=S)cc1. The van der Waals surface area contributed by atoms with Gasteiger partial charge in [-0.25, -0.2) is 0 Å². The second-order valence-corrected chi connectivity index (χ2v) is 15.1. The summed E-state index contributed by atoms with van der Waals surface area (Å²) in [5.74, 6) is 0.584. The van der Waals surface area contributed by atoms with E-state index in [2.05, 4.69) is 97.7 Å². The first-order chi connectivity index (χ1) is 24.9. The molecule has 4 atom stereocenters. The molecule has 9 heteroatoms. The number of aromatic hydroxyl groups is 2. The Balaban J connectivity index is 1.11. The van der Waals surface area contributed by atoms with Crippen LogP contribution in [-0.4, -0.2) is 103 Å². The van der Waals surface area contributed by atoms with E-state index in [1.54, 1.807) is 24.3 Å². The maximum atomic E-state index is 10.1. The molecule has 0 spiro atoms. The zero-order valence-electron chi connectivity index (χ0n) is 29.2. The number of benzene rings is 4. The number of nitrogens with one attached hydrogen (secondary N) is 1. The maximum Gasteiger partial charge on any atom is 0.172 e. The van der Waals surface area contributed by atoms with Gasteiger partial charge in [0.15, 0.2) is 10.2 Å². The van der Waals surface area contributed by atoms with E-state index in [4.69, 9.17) is 24.4 Å². The Hall–Kier alpha value is -4.18. The first-order valence-corrected chi connectivity index (χ1v) is 19.2. The topological polar surface area (TPSA) is 65.5 Å². The van der Waals surface area contributed by atoms with Crippen LogP contribution in [0.4, 0.5) is 0 Å². The number of thiocarbonyl (C=S) groups is 2. The Morgan fingerprint density at radius 1 is 0.686 bits per heavy atom. The number of nitrogens with zero attached hydrogens (tertiary/aromatic N) is 4. The highest BCUT2D eigenvalue weighted by Gasteiger charge is 2.40. The predicted octanol–water partition coefficient (Wildman–Crippen LogP) is 6.03. The van der Waals surface area contributed by atoms with Crippen molar-refractivity contribution in [2.45, 2.75) is 62.7 Å². The fourth-order valence-corrected chi connectivity index (χ4v) is 8.95. The molecule has 0 aromatic heterocycles. The van der Waals surface area contributed by atoms with Crippen LogP contribution in [0.25, 0.3) is 0 Å². The van der Waals surface area contributed by atoms with E-state index in [9.17, 15) is 10.2 Å². The van der Waals surface area contributed by atoms with E-state index in [1.807, 2.05) is 12.1 Å². The summed E-state index contributed by atoms with van der Waals surface area (Å²) in [4.78, 5) is 10.1. The van der Waals surface area contributed by atoms with Crippen LogP contribution in [0.2, 0.25) is 0 Å². The van der Waals surface area contributed by atoms with Crippen molar-refractivity contribution in [3.8, 4) is 11.5 Å². The van der Waals surface area contributed by atoms with Gasteiger partial charge in [0.25, 0.3) is 0 Å². The molecule has 4 aromatic rings. The number of hydrogen-bond donors (Lipinski definition) is 3. The molecule has 3 N–H and O–H groups in total. The smallest absolute Gasteiger partial charge is 0.172 e. The van der Waals surface area contributed by atoms with E-state index < -0.39 is 0 Å². The number of hydrogen-bond acceptors (Lipinski definition) is 5. The second-order valence-electron chi connectivity index (χ2n) is 14.4. The minimum atomic E-state index is 0.180. The summed E-state index contributed by atoms with van der Waals surface area (Å²) in [7, 11) is 0. The van der Waals surface area contributed by atoms with Gasteiger partial charge in [-0.1, -0.05) is 84.9 Å². The van der Waals surface area contributed by atoms with Crippen LogP contribution in [0.15, 0.2) is 109 Å². The molecular formula is C42H49N5O2S2. The molecule has 3 aliphatic rings. The van der Waals surface area contributed by atoms with Crippen molar-refractivity contribution in [3.05, 3.63) is 131 Å². The number of likely N-dealkylation sites (tertiary alicyclic amines) is 1. The molecule has 3 saturated heterocycles. The summed E-state index contributed by atoms with van der Waals surface area (Å²) < 4.78 is 0. The van der Waals surface area contributed by atoms with Gasteiger partial charge in [0.2, 0.25) is 0 Å². The fourth-order valence-electron chi connectivity index (χ4n) is 8.18. The molecule has 0 radical (unpaired) electrons. The van der Waals surface area contributed by atoms with Gasteiger partial charge in [-0.3, -0.25) is 4.90 Å². The number of phenols is 2. The molecule has 1 unspecified atom stereocenters. The molecule has 3 heterocycles. The fraction of sp³-hybridized carbons (Fsp3) is 0.381. The molecule has 0 amide bonds. The Bertz CT molecular complexity index is 1740. The zero-order valence-corrected chi connectivity index (χ0v) is 30.8. The monoisotopic (exact) mass is 719 g/mol. The summed E-state index contributed by atoms with van der Waals surface area (Å²) in [6.07, 6.45) is 5.94. The summed E-state index contributed by atoms with van der Waals surface area (Å²) in [6.45, 7) is 5.46. The third-order valence-electron chi connectivity index (χ3n) is 10.9. The van der Waals surface area contributed by atoms with Crippen molar-refractivity contribution < 1.29 is 10.2 Å². The molecule has 3 aliphatic heterocycles. The van der Waals surface area contributed by atoms with Gasteiger partial charge in [-0.2, -0.15) is 0 Å². The Labute approximate surface area is 313 Å². The minimum Gasteiger partial charge on any atom is -0.508 e. The van der Waals surface area contributed by atoms with Crippen LogP contribution in [0, 0.1) is 0 Å². The molecule has 7 rings (SSSR count). The number of phenolic OH excluding ortho intramolecular Hbond substituents is 2. The molecule has 51 heavy (non-hydrogen) atoms. The lowest BCUT2D eigenvalue weighted by Gasteiger charge is -2.37. The molecule has 7 nitrogen and oxygen atoms in total. The van der Waals surface area contributed by atoms with Crippen LogP contribution < -0.4 is 5.32 Å². The van der Waals surface area contributed by atoms with Crippen molar-refractivity contribution in [2.75, 3.05) is 39.3 Å². The van der Waals surface area contributed by atoms with Gasteiger partial charge in [-0.15, -0.1) is 0 Å². The molecule has 0 aliphatic carbocycles. The van der Waals surface area contributed by atoms with E-state index >= 15 is 0 Å². The molecule has 4 aromatic carbocycles. The summed E-state index contributed by atoms with van der Waals surface area (Å²) in [5, 5.41) is 25.1. The van der Waals surface area contributed by atoms with Crippen molar-refractivity contribution >= 4 is 34.7 Å². The average molecular weight is 720 g/mol. The van der Waals surface area contributed by atoms with E-state index in [-0.39, 0.29) is 18.1 Å². The molecular weight excluding hydrogens is 671 g/mol. The molecule has 3 fully saturated rings. The summed E-state index contributed by atoms with van der Waals surface area (Å²) >= 11 is 12.3. The van der Waals surface area contributed by atoms with E-state index in [0.717, 1.165) is 88.0 Å². The quantitative estimate of drug-likeness (QED) is 0.136. The third-order valence-corrected chi connectivity index (χ3v) is 11.8. The van der Waals surface area contributed by atoms with Gasteiger partial charge in [0.05, 0.1) is 12.1 Å². The van der Waals surface area contributed by atoms with Crippen LogP contribution >= 0.6 is 24.4 Å². The van der Waals surface area contributed by atoms with Crippen LogP contribution in [0.3, 0.4) is 0 Å². The highest BCUT2D eigenvalue weighted by molar-refractivity contribution is 7.80. The van der Waals surface area contributed by atoms with E-state index in [0.29, 0.717) is 17.5 Å². The molecule has 266 valence electrons. The van der Waals surface area contributed by atoms with Gasteiger partial charge in [-0.05, 0) is 116 Å². The van der Waals surface area contributed by atoms with Crippen molar-refractivity contribution in [1.29, 1.82) is 0 Å². The summed E-state index contributed by atoms with van der Waals surface area (Å²) in [5.41, 5.74) is 5.08. The van der Waals surface area contributed by atoms with Crippen LogP contribution in [-0.2, 0) is 25.7 Å². The number of rotatable bonds is 14. The lowest BCUT2D eigenvalue weighted by Crippen LogP contribution is -2.51.